The molecule has 1 aromatic carbocycles. The number of nitrogens with zero attached hydrogens (tertiary/aromatic N) is 2. The van der Waals surface area contributed by atoms with Gasteiger partial charge in [-0.25, -0.2) is 17.8 Å². The third-order valence-corrected chi connectivity index (χ3v) is 5.04. The highest BCUT2D eigenvalue weighted by molar-refractivity contribution is 8.13. The minimum absolute atomic E-state index is 0.0263. The number of carbonyl (C=O) groups is 1. The molecule has 0 aliphatic rings. The number of hydrogen-bond donors (Lipinski definition) is 2. The van der Waals surface area contributed by atoms with Gasteiger partial charge in [0.2, 0.25) is 5.88 Å². The number of rotatable bonds is 4. The van der Waals surface area contributed by atoms with E-state index in [1.165, 1.54) is 18.3 Å². The van der Waals surface area contributed by atoms with Crippen molar-refractivity contribution in [2.24, 2.45) is 0 Å². The Bertz CT molecular complexity index is 1030. The molecule has 0 spiro atoms. The summed E-state index contributed by atoms with van der Waals surface area (Å²) in [5, 5.41) is 13.3. The van der Waals surface area contributed by atoms with Crippen LogP contribution in [0.4, 0.5) is 4.79 Å². The Hall–Kier alpha value is -2.58. The number of halogens is 1. The SMILES string of the molecule is O=C(NCCc1ccc(S(=O)(=O)Cl)cc1)n1cc2ncccc2c1O. The maximum absolute atomic E-state index is 12.2. The van der Waals surface area contributed by atoms with Gasteiger partial charge in [-0.1, -0.05) is 12.1 Å². The summed E-state index contributed by atoms with van der Waals surface area (Å²) in [7, 11) is 1.51. The molecule has 3 rings (SSSR count). The lowest BCUT2D eigenvalue weighted by Gasteiger charge is -2.07. The first kappa shape index (κ1) is 17.2. The normalized spacial score (nSPS) is 11.6. The molecule has 25 heavy (non-hydrogen) atoms. The van der Waals surface area contributed by atoms with Crippen molar-refractivity contribution in [1.29, 1.82) is 0 Å². The Balaban J connectivity index is 1.63. The molecule has 0 saturated carbocycles. The van der Waals surface area contributed by atoms with Gasteiger partial charge in [-0.3, -0.25) is 4.98 Å². The number of aromatic nitrogens is 2. The zero-order chi connectivity index (χ0) is 18.0. The molecule has 0 fully saturated rings. The number of nitrogens with one attached hydrogen (secondary N) is 1. The van der Waals surface area contributed by atoms with Gasteiger partial charge in [0.05, 0.1) is 15.8 Å². The zero-order valence-corrected chi connectivity index (χ0v) is 14.5. The second-order valence-corrected chi connectivity index (χ2v) is 7.89. The summed E-state index contributed by atoms with van der Waals surface area (Å²) in [6.07, 6.45) is 3.53. The van der Waals surface area contributed by atoms with Gasteiger partial charge < -0.3 is 10.4 Å². The van der Waals surface area contributed by atoms with E-state index < -0.39 is 15.1 Å². The molecule has 9 heteroatoms. The number of hydrogen-bond acceptors (Lipinski definition) is 5. The Kier molecular flexibility index (Phi) is 4.65. The second-order valence-electron chi connectivity index (χ2n) is 5.32. The van der Waals surface area contributed by atoms with Gasteiger partial charge in [-0.05, 0) is 36.2 Å². The van der Waals surface area contributed by atoms with E-state index >= 15 is 0 Å². The Morgan fingerprint density at radius 1 is 1.24 bits per heavy atom. The fourth-order valence-corrected chi connectivity index (χ4v) is 3.16. The number of amides is 1. The van der Waals surface area contributed by atoms with E-state index in [2.05, 4.69) is 10.3 Å². The van der Waals surface area contributed by atoms with Crippen LogP contribution in [0.2, 0.25) is 0 Å². The monoisotopic (exact) mass is 379 g/mol. The molecule has 0 atom stereocenters. The summed E-state index contributed by atoms with van der Waals surface area (Å²) >= 11 is 0. The molecule has 130 valence electrons. The minimum atomic E-state index is -3.74. The van der Waals surface area contributed by atoms with Crippen LogP contribution in [0, 0.1) is 0 Å². The van der Waals surface area contributed by atoms with E-state index in [0.717, 1.165) is 10.1 Å². The Morgan fingerprint density at radius 2 is 1.96 bits per heavy atom. The molecule has 2 N–H and O–H groups in total. The molecule has 0 radical (unpaired) electrons. The zero-order valence-electron chi connectivity index (χ0n) is 12.9. The van der Waals surface area contributed by atoms with Gasteiger partial charge >= 0.3 is 6.03 Å². The van der Waals surface area contributed by atoms with E-state index in [1.807, 2.05) is 0 Å². The van der Waals surface area contributed by atoms with Gasteiger partial charge in [-0.2, -0.15) is 0 Å². The van der Waals surface area contributed by atoms with Crippen molar-refractivity contribution in [3.63, 3.8) is 0 Å². The van der Waals surface area contributed by atoms with Crippen LogP contribution in [0.25, 0.3) is 10.9 Å². The maximum Gasteiger partial charge on any atom is 0.328 e. The van der Waals surface area contributed by atoms with Gasteiger partial charge in [0, 0.05) is 29.6 Å². The first-order valence-electron chi connectivity index (χ1n) is 7.33. The summed E-state index contributed by atoms with van der Waals surface area (Å²) < 4.78 is 23.5. The largest absolute Gasteiger partial charge is 0.494 e. The number of pyridine rings is 1. The highest BCUT2D eigenvalue weighted by Gasteiger charge is 2.14. The lowest BCUT2D eigenvalue weighted by molar-refractivity contribution is 0.240. The highest BCUT2D eigenvalue weighted by Crippen LogP contribution is 2.24. The van der Waals surface area contributed by atoms with Crippen LogP contribution in [0.3, 0.4) is 0 Å². The molecule has 2 aromatic heterocycles. The summed E-state index contributed by atoms with van der Waals surface area (Å²) in [5.74, 6) is -0.169. The van der Waals surface area contributed by atoms with Crippen molar-refractivity contribution < 1.29 is 18.3 Å². The van der Waals surface area contributed by atoms with E-state index in [9.17, 15) is 18.3 Å². The van der Waals surface area contributed by atoms with Crippen molar-refractivity contribution >= 4 is 36.7 Å². The summed E-state index contributed by atoms with van der Waals surface area (Å²) in [6.45, 7) is 0.313. The van der Waals surface area contributed by atoms with Crippen LogP contribution in [-0.4, -0.2) is 35.7 Å². The van der Waals surface area contributed by atoms with Crippen LogP contribution in [0.15, 0.2) is 53.7 Å². The van der Waals surface area contributed by atoms with Crippen LogP contribution in [0.5, 0.6) is 5.88 Å². The van der Waals surface area contributed by atoms with E-state index in [1.54, 1.807) is 30.5 Å². The molecule has 0 aliphatic carbocycles. The third kappa shape index (κ3) is 3.75. The average molecular weight is 380 g/mol. The average Bonchev–Trinajstić information content (AvgIpc) is 2.92. The van der Waals surface area contributed by atoms with Gasteiger partial charge in [0.1, 0.15) is 0 Å². The molecule has 7 nitrogen and oxygen atoms in total. The maximum atomic E-state index is 12.2. The molecule has 0 bridgehead atoms. The first-order chi connectivity index (χ1) is 11.9. The van der Waals surface area contributed by atoms with E-state index in [4.69, 9.17) is 10.7 Å². The van der Waals surface area contributed by atoms with E-state index in [-0.39, 0.29) is 10.8 Å². The predicted molar refractivity (Wildman–Crippen MR) is 93.4 cm³/mol. The van der Waals surface area contributed by atoms with Crippen molar-refractivity contribution in [3.05, 3.63) is 54.4 Å². The van der Waals surface area contributed by atoms with Crippen LogP contribution >= 0.6 is 10.7 Å². The van der Waals surface area contributed by atoms with E-state index in [0.29, 0.717) is 23.9 Å². The van der Waals surface area contributed by atoms with Gasteiger partial charge in [-0.15, -0.1) is 0 Å². The quantitative estimate of drug-likeness (QED) is 0.678. The number of fused-ring (bicyclic) bond motifs is 1. The number of benzene rings is 1. The fourth-order valence-electron chi connectivity index (χ4n) is 2.40. The molecule has 0 aliphatic heterocycles. The van der Waals surface area contributed by atoms with Gasteiger partial charge in [0.15, 0.2) is 0 Å². The fraction of sp³-hybridized carbons (Fsp3) is 0.125. The van der Waals surface area contributed by atoms with Crippen LogP contribution < -0.4 is 5.32 Å². The smallest absolute Gasteiger partial charge is 0.328 e. The Morgan fingerprint density at radius 3 is 2.60 bits per heavy atom. The summed E-state index contributed by atoms with van der Waals surface area (Å²) in [6, 6.07) is 8.96. The van der Waals surface area contributed by atoms with Gasteiger partial charge in [0.25, 0.3) is 9.05 Å². The molecule has 1 amide bonds. The van der Waals surface area contributed by atoms with Crippen molar-refractivity contribution in [2.75, 3.05) is 6.54 Å². The molecule has 0 saturated heterocycles. The molecule has 0 unspecified atom stereocenters. The standard InChI is InChI=1S/C16H14ClN3O4S/c17-25(23,24)12-5-3-11(4-6-12)7-9-19-16(22)20-10-14-13(15(20)21)2-1-8-18-14/h1-6,8,10,21H,7,9H2,(H,19,22). The lowest BCUT2D eigenvalue weighted by Crippen LogP contribution is -2.29. The number of carbonyl (C=O) groups excluding carboxylic acids is 1. The molecular weight excluding hydrogens is 366 g/mol. The minimum Gasteiger partial charge on any atom is -0.494 e. The highest BCUT2D eigenvalue weighted by atomic mass is 35.7. The van der Waals surface area contributed by atoms with Crippen LogP contribution in [0.1, 0.15) is 5.56 Å². The molecule has 3 aromatic rings. The number of aromatic hydroxyl groups is 1. The predicted octanol–water partition coefficient (Wildman–Crippen LogP) is 2.47. The summed E-state index contributed by atoms with van der Waals surface area (Å²) in [5.41, 5.74) is 1.36. The summed E-state index contributed by atoms with van der Waals surface area (Å²) in [4.78, 5) is 16.3. The van der Waals surface area contributed by atoms with Crippen LogP contribution in [-0.2, 0) is 15.5 Å². The molecular formula is C16H14ClN3O4S. The second kappa shape index (κ2) is 6.73. The molecule has 2 heterocycles. The lowest BCUT2D eigenvalue weighted by atomic mass is 10.1. The first-order valence-corrected chi connectivity index (χ1v) is 9.64. The van der Waals surface area contributed by atoms with Crippen molar-refractivity contribution in [1.82, 2.24) is 14.9 Å². The topological polar surface area (TPSA) is 101 Å². The third-order valence-electron chi connectivity index (χ3n) is 3.67. The Labute approximate surface area is 148 Å². The van der Waals surface area contributed by atoms with Crippen molar-refractivity contribution in [3.8, 4) is 5.88 Å². The van der Waals surface area contributed by atoms with Crippen molar-refractivity contribution in [2.45, 2.75) is 11.3 Å².